The quantitative estimate of drug-likeness (QED) is 0.716. The summed E-state index contributed by atoms with van der Waals surface area (Å²) in [5.41, 5.74) is 6.41. The molecule has 1 aromatic heterocycles. The number of anilines is 2. The smallest absolute Gasteiger partial charge is 0.236 e. The van der Waals surface area contributed by atoms with E-state index in [1.807, 2.05) is 11.9 Å². The SMILES string of the molecule is CCCCN(CC(N)=O)c1ncnc(NC)c1CCC. The number of carbonyl (C=O) groups is 1. The van der Waals surface area contributed by atoms with Gasteiger partial charge in [0.05, 0.1) is 6.54 Å². The normalized spacial score (nSPS) is 10.3. The van der Waals surface area contributed by atoms with Crippen LogP contribution in [0.1, 0.15) is 38.7 Å². The molecule has 0 unspecified atom stereocenters. The first-order chi connectivity index (χ1) is 9.63. The molecule has 3 N–H and O–H groups in total. The standard InChI is InChI=1S/C14H25N5O/c1-4-6-8-19(9-12(15)20)14-11(7-5-2)13(16-3)17-10-18-14/h10H,4-9H2,1-3H3,(H2,15,20)(H,16,17,18). The van der Waals surface area contributed by atoms with Crippen molar-refractivity contribution in [3.8, 4) is 0 Å². The highest BCUT2D eigenvalue weighted by molar-refractivity contribution is 5.79. The molecule has 1 rings (SSSR count). The van der Waals surface area contributed by atoms with Crippen molar-refractivity contribution in [3.63, 3.8) is 0 Å². The van der Waals surface area contributed by atoms with E-state index in [-0.39, 0.29) is 12.5 Å². The Hall–Kier alpha value is -1.85. The molecule has 6 heteroatoms. The second-order valence-corrected chi connectivity index (χ2v) is 4.77. The van der Waals surface area contributed by atoms with Crippen LogP contribution in [0.25, 0.3) is 0 Å². The number of amides is 1. The third-order valence-electron chi connectivity index (χ3n) is 3.09. The van der Waals surface area contributed by atoms with Crippen molar-refractivity contribution in [2.24, 2.45) is 5.73 Å². The largest absolute Gasteiger partial charge is 0.373 e. The maximum absolute atomic E-state index is 11.3. The third kappa shape index (κ3) is 4.36. The maximum Gasteiger partial charge on any atom is 0.236 e. The van der Waals surface area contributed by atoms with Crippen LogP contribution < -0.4 is 16.0 Å². The lowest BCUT2D eigenvalue weighted by Gasteiger charge is -2.25. The minimum absolute atomic E-state index is 0.191. The highest BCUT2D eigenvalue weighted by Crippen LogP contribution is 2.24. The zero-order chi connectivity index (χ0) is 15.0. The summed E-state index contributed by atoms with van der Waals surface area (Å²) in [6, 6.07) is 0. The van der Waals surface area contributed by atoms with Crippen LogP contribution in [0.3, 0.4) is 0 Å². The van der Waals surface area contributed by atoms with Gasteiger partial charge in [0, 0.05) is 19.2 Å². The monoisotopic (exact) mass is 279 g/mol. The van der Waals surface area contributed by atoms with Gasteiger partial charge in [0.25, 0.3) is 0 Å². The Morgan fingerprint density at radius 1 is 1.35 bits per heavy atom. The molecule has 1 aromatic rings. The summed E-state index contributed by atoms with van der Waals surface area (Å²) in [6.45, 7) is 5.20. The summed E-state index contributed by atoms with van der Waals surface area (Å²) >= 11 is 0. The lowest BCUT2D eigenvalue weighted by Crippen LogP contribution is -2.36. The number of nitrogens with zero attached hydrogens (tertiary/aromatic N) is 3. The fourth-order valence-electron chi connectivity index (χ4n) is 2.17. The molecule has 0 spiro atoms. The van der Waals surface area contributed by atoms with Gasteiger partial charge in [0.2, 0.25) is 5.91 Å². The molecule has 0 radical (unpaired) electrons. The van der Waals surface area contributed by atoms with E-state index in [4.69, 9.17) is 5.73 Å². The van der Waals surface area contributed by atoms with Crippen molar-refractivity contribution in [3.05, 3.63) is 11.9 Å². The van der Waals surface area contributed by atoms with Gasteiger partial charge < -0.3 is 16.0 Å². The first-order valence-electron chi connectivity index (χ1n) is 7.18. The Kier molecular flexibility index (Phi) is 6.76. The number of nitrogens with two attached hydrogens (primary N) is 1. The molecule has 112 valence electrons. The predicted molar refractivity (Wildman–Crippen MR) is 81.9 cm³/mol. The highest BCUT2D eigenvalue weighted by Gasteiger charge is 2.17. The van der Waals surface area contributed by atoms with E-state index in [9.17, 15) is 4.79 Å². The molecule has 0 aliphatic heterocycles. The van der Waals surface area contributed by atoms with E-state index in [2.05, 4.69) is 29.1 Å². The molecule has 0 saturated heterocycles. The Balaban J connectivity index is 3.12. The van der Waals surface area contributed by atoms with E-state index < -0.39 is 0 Å². The first kappa shape index (κ1) is 16.2. The minimum atomic E-state index is -0.340. The van der Waals surface area contributed by atoms with Crippen molar-refractivity contribution < 1.29 is 4.79 Å². The second kappa shape index (κ2) is 8.35. The summed E-state index contributed by atoms with van der Waals surface area (Å²) in [5, 5.41) is 3.09. The van der Waals surface area contributed by atoms with Gasteiger partial charge in [0.1, 0.15) is 18.0 Å². The predicted octanol–water partition coefficient (Wildman–Crippen LogP) is 1.56. The van der Waals surface area contributed by atoms with Gasteiger partial charge in [-0.1, -0.05) is 26.7 Å². The van der Waals surface area contributed by atoms with E-state index in [1.165, 1.54) is 6.33 Å². The van der Waals surface area contributed by atoms with Crippen LogP contribution in [0.2, 0.25) is 0 Å². The molecule has 0 aliphatic carbocycles. The molecule has 20 heavy (non-hydrogen) atoms. The number of carbonyl (C=O) groups excluding carboxylic acids is 1. The molecule has 1 heterocycles. The minimum Gasteiger partial charge on any atom is -0.373 e. The molecular weight excluding hydrogens is 254 g/mol. The third-order valence-corrected chi connectivity index (χ3v) is 3.09. The van der Waals surface area contributed by atoms with Crippen LogP contribution in [0.5, 0.6) is 0 Å². The van der Waals surface area contributed by atoms with E-state index in [0.29, 0.717) is 0 Å². The number of hydrogen-bond acceptors (Lipinski definition) is 5. The van der Waals surface area contributed by atoms with Crippen LogP contribution in [-0.4, -0.2) is 36.0 Å². The molecular formula is C14H25N5O. The topological polar surface area (TPSA) is 84.1 Å². The lowest BCUT2D eigenvalue weighted by molar-refractivity contribution is -0.116. The van der Waals surface area contributed by atoms with Gasteiger partial charge in [-0.15, -0.1) is 0 Å². The molecule has 0 aliphatic rings. The summed E-state index contributed by atoms with van der Waals surface area (Å²) in [5.74, 6) is 1.30. The van der Waals surface area contributed by atoms with Crippen molar-refractivity contribution in [1.82, 2.24) is 9.97 Å². The Morgan fingerprint density at radius 2 is 2.10 bits per heavy atom. The zero-order valence-corrected chi connectivity index (χ0v) is 12.6. The van der Waals surface area contributed by atoms with Gasteiger partial charge >= 0.3 is 0 Å². The fraction of sp³-hybridized carbons (Fsp3) is 0.643. The van der Waals surface area contributed by atoms with Crippen molar-refractivity contribution in [1.29, 1.82) is 0 Å². The number of primary amides is 1. The van der Waals surface area contributed by atoms with Gasteiger partial charge in [0.15, 0.2) is 0 Å². The number of nitrogens with one attached hydrogen (secondary N) is 1. The molecule has 6 nitrogen and oxygen atoms in total. The van der Waals surface area contributed by atoms with Gasteiger partial charge in [-0.3, -0.25) is 4.79 Å². The maximum atomic E-state index is 11.3. The summed E-state index contributed by atoms with van der Waals surface area (Å²) in [7, 11) is 1.84. The Morgan fingerprint density at radius 3 is 2.65 bits per heavy atom. The first-order valence-corrected chi connectivity index (χ1v) is 7.18. The van der Waals surface area contributed by atoms with Gasteiger partial charge in [-0.05, 0) is 12.8 Å². The molecule has 0 fully saturated rings. The molecule has 0 aromatic carbocycles. The van der Waals surface area contributed by atoms with Gasteiger partial charge in [-0.25, -0.2) is 9.97 Å². The van der Waals surface area contributed by atoms with Crippen LogP contribution >= 0.6 is 0 Å². The summed E-state index contributed by atoms with van der Waals surface area (Å²) in [6.07, 6.45) is 5.45. The Labute approximate surface area is 120 Å². The van der Waals surface area contributed by atoms with E-state index in [0.717, 1.165) is 49.4 Å². The Bertz CT molecular complexity index is 436. The lowest BCUT2D eigenvalue weighted by atomic mass is 10.1. The zero-order valence-electron chi connectivity index (χ0n) is 12.6. The molecule has 0 saturated carbocycles. The van der Waals surface area contributed by atoms with Crippen LogP contribution in [0, 0.1) is 0 Å². The summed E-state index contributed by atoms with van der Waals surface area (Å²) < 4.78 is 0. The number of unbranched alkanes of at least 4 members (excludes halogenated alkanes) is 1. The summed E-state index contributed by atoms with van der Waals surface area (Å²) in [4.78, 5) is 21.9. The van der Waals surface area contributed by atoms with Crippen LogP contribution in [-0.2, 0) is 11.2 Å². The van der Waals surface area contributed by atoms with Gasteiger partial charge in [-0.2, -0.15) is 0 Å². The average Bonchev–Trinajstić information content (AvgIpc) is 2.43. The van der Waals surface area contributed by atoms with Crippen molar-refractivity contribution >= 4 is 17.5 Å². The highest BCUT2D eigenvalue weighted by atomic mass is 16.1. The van der Waals surface area contributed by atoms with Crippen LogP contribution in [0.15, 0.2) is 6.33 Å². The average molecular weight is 279 g/mol. The number of aromatic nitrogens is 2. The van der Waals surface area contributed by atoms with Crippen molar-refractivity contribution in [2.75, 3.05) is 30.4 Å². The fourth-order valence-corrected chi connectivity index (χ4v) is 2.17. The van der Waals surface area contributed by atoms with Crippen LogP contribution in [0.4, 0.5) is 11.6 Å². The molecule has 1 amide bonds. The number of rotatable bonds is 9. The molecule has 0 atom stereocenters. The van der Waals surface area contributed by atoms with E-state index >= 15 is 0 Å². The van der Waals surface area contributed by atoms with Crippen molar-refractivity contribution in [2.45, 2.75) is 39.5 Å². The molecule has 0 bridgehead atoms. The second-order valence-electron chi connectivity index (χ2n) is 4.77. The number of hydrogen-bond donors (Lipinski definition) is 2. The van der Waals surface area contributed by atoms with E-state index in [1.54, 1.807) is 0 Å².